The first-order chi connectivity index (χ1) is 16.0. The van der Waals surface area contributed by atoms with Crippen LogP contribution in [0.3, 0.4) is 0 Å². The van der Waals surface area contributed by atoms with Gasteiger partial charge < -0.3 is 9.64 Å². The molecule has 0 radical (unpaired) electrons. The topological polar surface area (TPSA) is 49.9 Å². The lowest BCUT2D eigenvalue weighted by molar-refractivity contribution is -0.120. The smallest absolute Gasteiger partial charge is 0.282 e. The number of anilines is 1. The van der Waals surface area contributed by atoms with E-state index >= 15 is 0 Å². The molecule has 0 saturated heterocycles. The Morgan fingerprint density at radius 1 is 0.848 bits per heavy atom. The average Bonchev–Trinajstić information content (AvgIpc) is 3.09. The van der Waals surface area contributed by atoms with Crippen LogP contribution in [0.4, 0.5) is 5.69 Å². The molecular weight excluding hydrogens is 412 g/mol. The Morgan fingerprint density at radius 2 is 1.52 bits per heavy atom. The highest BCUT2D eigenvalue weighted by Gasteiger charge is 2.42. The Kier molecular flexibility index (Phi) is 6.59. The minimum atomic E-state index is -0.313. The summed E-state index contributed by atoms with van der Waals surface area (Å²) in [4.78, 5) is 30.5. The zero-order chi connectivity index (χ0) is 23.4. The van der Waals surface area contributed by atoms with Gasteiger partial charge in [0, 0.05) is 13.6 Å². The van der Waals surface area contributed by atoms with Crippen molar-refractivity contribution in [3.8, 4) is 5.75 Å². The zero-order valence-corrected chi connectivity index (χ0v) is 19.2. The molecule has 0 unspecified atom stereocenters. The molecule has 3 aromatic carbocycles. The molecule has 1 heterocycles. The van der Waals surface area contributed by atoms with Crippen LogP contribution in [0.1, 0.15) is 30.0 Å². The van der Waals surface area contributed by atoms with Gasteiger partial charge in [-0.05, 0) is 48.2 Å². The molecule has 0 N–H and O–H groups in total. The van der Waals surface area contributed by atoms with Crippen molar-refractivity contribution in [1.82, 2.24) is 4.90 Å². The Morgan fingerprint density at radius 3 is 2.18 bits per heavy atom. The van der Waals surface area contributed by atoms with Crippen LogP contribution in [-0.4, -0.2) is 30.4 Å². The number of likely N-dealkylation sites (N-methyl/N-ethyl adjacent to an activating group) is 1. The maximum absolute atomic E-state index is 13.7. The van der Waals surface area contributed by atoms with Gasteiger partial charge in [0.15, 0.2) is 0 Å². The van der Waals surface area contributed by atoms with E-state index in [1.165, 1.54) is 4.90 Å². The van der Waals surface area contributed by atoms with Crippen LogP contribution < -0.4 is 9.64 Å². The molecule has 0 fully saturated rings. The number of hydrogen-bond acceptors (Lipinski definition) is 4. The fourth-order valence-corrected chi connectivity index (χ4v) is 4.04. The van der Waals surface area contributed by atoms with Gasteiger partial charge in [-0.3, -0.25) is 9.59 Å². The van der Waals surface area contributed by atoms with Crippen LogP contribution in [-0.2, 0) is 16.1 Å². The highest BCUT2D eigenvalue weighted by atomic mass is 16.5. The lowest BCUT2D eigenvalue weighted by Gasteiger charge is -2.22. The Hall–Kier alpha value is -3.86. The maximum atomic E-state index is 13.7. The minimum absolute atomic E-state index is 0.311. The number of benzene rings is 3. The summed E-state index contributed by atoms with van der Waals surface area (Å²) >= 11 is 0. The summed E-state index contributed by atoms with van der Waals surface area (Å²) in [5, 5.41) is 0. The van der Waals surface area contributed by atoms with Crippen LogP contribution in [0.25, 0.3) is 5.57 Å². The first kappa shape index (κ1) is 22.3. The van der Waals surface area contributed by atoms with E-state index in [-0.39, 0.29) is 11.8 Å². The number of aryl methyl sites for hydroxylation is 1. The summed E-state index contributed by atoms with van der Waals surface area (Å²) in [5.74, 6) is 0.119. The fraction of sp³-hybridized carbons (Fsp3) is 0.214. The number of imide groups is 1. The number of para-hydroxylation sites is 1. The third-order valence-electron chi connectivity index (χ3n) is 5.68. The van der Waals surface area contributed by atoms with Crippen molar-refractivity contribution in [2.24, 2.45) is 0 Å². The summed E-state index contributed by atoms with van der Waals surface area (Å²) in [5.41, 5.74) is 4.04. The molecule has 0 saturated carbocycles. The van der Waals surface area contributed by atoms with Gasteiger partial charge in [-0.15, -0.1) is 0 Å². The predicted octanol–water partition coefficient (Wildman–Crippen LogP) is 5.20. The molecule has 0 atom stereocenters. The molecule has 33 heavy (non-hydrogen) atoms. The third-order valence-corrected chi connectivity index (χ3v) is 5.68. The van der Waals surface area contributed by atoms with E-state index in [4.69, 9.17) is 4.74 Å². The van der Waals surface area contributed by atoms with E-state index in [1.807, 2.05) is 97.7 Å². The van der Waals surface area contributed by atoms with Crippen molar-refractivity contribution in [3.05, 3.63) is 101 Å². The predicted molar refractivity (Wildman–Crippen MR) is 131 cm³/mol. The number of ether oxygens (including phenoxy) is 1. The molecule has 5 heteroatoms. The second-order valence-electron chi connectivity index (χ2n) is 8.17. The normalized spacial score (nSPS) is 13.6. The number of carbonyl (C=O) groups excluding carboxylic acids is 2. The highest BCUT2D eigenvalue weighted by Crippen LogP contribution is 2.36. The standard InChI is InChI=1S/C28H28N2O3/c1-4-18-33-23-16-14-22(15-17-23)25-26(29(3)19-21-11-6-5-7-12-21)28(32)30(27(25)31)24-13-9-8-10-20(24)2/h5-17H,4,18-19H2,1-3H3. The highest BCUT2D eigenvalue weighted by molar-refractivity contribution is 6.45. The van der Waals surface area contributed by atoms with Gasteiger partial charge in [0.05, 0.1) is 17.9 Å². The van der Waals surface area contributed by atoms with Gasteiger partial charge in [0.2, 0.25) is 0 Å². The summed E-state index contributed by atoms with van der Waals surface area (Å²) in [6.45, 7) is 5.10. The second-order valence-corrected chi connectivity index (χ2v) is 8.17. The first-order valence-corrected chi connectivity index (χ1v) is 11.2. The monoisotopic (exact) mass is 440 g/mol. The Balaban J connectivity index is 1.76. The molecule has 0 aliphatic carbocycles. The lowest BCUT2D eigenvalue weighted by atomic mass is 10.0. The fourth-order valence-electron chi connectivity index (χ4n) is 4.04. The molecule has 168 valence electrons. The molecule has 1 aliphatic rings. The van der Waals surface area contributed by atoms with E-state index in [9.17, 15) is 9.59 Å². The average molecular weight is 441 g/mol. The van der Waals surface area contributed by atoms with Gasteiger partial charge in [0.1, 0.15) is 11.4 Å². The molecule has 5 nitrogen and oxygen atoms in total. The van der Waals surface area contributed by atoms with Crippen LogP contribution in [0.2, 0.25) is 0 Å². The summed E-state index contributed by atoms with van der Waals surface area (Å²) in [7, 11) is 1.85. The van der Waals surface area contributed by atoms with Crippen molar-refractivity contribution >= 4 is 23.1 Å². The number of carbonyl (C=O) groups is 2. The van der Waals surface area contributed by atoms with E-state index < -0.39 is 0 Å². The van der Waals surface area contributed by atoms with E-state index in [2.05, 4.69) is 6.92 Å². The Bertz CT molecular complexity index is 1180. The second kappa shape index (κ2) is 9.74. The van der Waals surface area contributed by atoms with Gasteiger partial charge >= 0.3 is 0 Å². The number of amides is 2. The quantitative estimate of drug-likeness (QED) is 0.452. The molecule has 2 amide bonds. The molecule has 0 bridgehead atoms. The van der Waals surface area contributed by atoms with Crippen molar-refractivity contribution in [3.63, 3.8) is 0 Å². The van der Waals surface area contributed by atoms with E-state index in [0.717, 1.165) is 23.3 Å². The molecule has 4 rings (SSSR count). The minimum Gasteiger partial charge on any atom is -0.494 e. The van der Waals surface area contributed by atoms with Crippen LogP contribution in [0, 0.1) is 6.92 Å². The van der Waals surface area contributed by atoms with Gasteiger partial charge in [-0.2, -0.15) is 0 Å². The number of nitrogens with zero attached hydrogens (tertiary/aromatic N) is 2. The summed E-state index contributed by atoms with van der Waals surface area (Å²) in [6.07, 6.45) is 0.916. The first-order valence-electron chi connectivity index (χ1n) is 11.2. The van der Waals surface area contributed by atoms with Crippen molar-refractivity contribution in [2.45, 2.75) is 26.8 Å². The van der Waals surface area contributed by atoms with Crippen LogP contribution in [0.5, 0.6) is 5.75 Å². The van der Waals surface area contributed by atoms with Crippen LogP contribution in [0.15, 0.2) is 84.6 Å². The molecule has 0 aromatic heterocycles. The molecule has 3 aromatic rings. The van der Waals surface area contributed by atoms with Crippen molar-refractivity contribution in [2.75, 3.05) is 18.6 Å². The van der Waals surface area contributed by atoms with Gasteiger partial charge in [-0.25, -0.2) is 4.90 Å². The molecule has 1 aliphatic heterocycles. The van der Waals surface area contributed by atoms with Gasteiger partial charge in [-0.1, -0.05) is 67.6 Å². The maximum Gasteiger partial charge on any atom is 0.282 e. The summed E-state index contributed by atoms with van der Waals surface area (Å²) in [6, 6.07) is 24.8. The third kappa shape index (κ3) is 4.53. The Labute approximate surface area is 194 Å². The number of rotatable bonds is 8. The largest absolute Gasteiger partial charge is 0.494 e. The SMILES string of the molecule is CCCOc1ccc(C2=C(N(C)Cc3ccccc3)C(=O)N(c3ccccc3C)C2=O)cc1. The van der Waals surface area contributed by atoms with Crippen LogP contribution >= 0.6 is 0 Å². The number of hydrogen-bond donors (Lipinski definition) is 0. The van der Waals surface area contributed by atoms with Crippen molar-refractivity contribution in [1.29, 1.82) is 0 Å². The van der Waals surface area contributed by atoms with Crippen molar-refractivity contribution < 1.29 is 14.3 Å². The van der Waals surface area contributed by atoms with E-state index in [0.29, 0.717) is 35.7 Å². The molecule has 0 spiro atoms. The van der Waals surface area contributed by atoms with Gasteiger partial charge in [0.25, 0.3) is 11.8 Å². The summed E-state index contributed by atoms with van der Waals surface area (Å²) < 4.78 is 5.69. The molecular formula is C28H28N2O3. The van der Waals surface area contributed by atoms with E-state index in [1.54, 1.807) is 0 Å². The lowest BCUT2D eigenvalue weighted by Crippen LogP contribution is -2.34. The zero-order valence-electron chi connectivity index (χ0n) is 19.2.